The monoisotopic (exact) mass is 336 g/mol. The molecule has 0 radical (unpaired) electrons. The number of aromatic nitrogens is 2. The fraction of sp³-hybridized carbons (Fsp3) is 0.333. The van der Waals surface area contributed by atoms with Gasteiger partial charge >= 0.3 is 5.69 Å². The number of hydrogen-bond acceptors (Lipinski definition) is 5. The predicted molar refractivity (Wildman–Crippen MR) is 82.9 cm³/mol. The van der Waals surface area contributed by atoms with Crippen LogP contribution in [0.3, 0.4) is 0 Å². The van der Waals surface area contributed by atoms with E-state index >= 15 is 0 Å². The molecule has 0 aliphatic heterocycles. The summed E-state index contributed by atoms with van der Waals surface area (Å²) < 4.78 is 13.1. The lowest BCUT2D eigenvalue weighted by atomic mass is 10.1. The molecule has 24 heavy (non-hydrogen) atoms. The maximum Gasteiger partial charge on any atom is 0.322 e. The van der Waals surface area contributed by atoms with E-state index < -0.39 is 22.8 Å². The zero-order valence-corrected chi connectivity index (χ0v) is 13.0. The number of rotatable bonds is 7. The molecule has 1 heterocycles. The number of amides is 1. The molecular formula is C15H17FN4O4. The molecule has 1 atom stereocenters. The van der Waals surface area contributed by atoms with Gasteiger partial charge in [0.15, 0.2) is 0 Å². The SMILES string of the molecule is CCCc1[nH]nc(C(=O)NC[C@H](O)c2cccc(F)c2)c1[N+](=O)[O-]. The number of nitrogens with one attached hydrogen (secondary N) is 2. The fourth-order valence-corrected chi connectivity index (χ4v) is 2.26. The highest BCUT2D eigenvalue weighted by Crippen LogP contribution is 2.22. The number of benzene rings is 1. The lowest BCUT2D eigenvalue weighted by Gasteiger charge is -2.11. The van der Waals surface area contributed by atoms with Crippen LogP contribution in [0.5, 0.6) is 0 Å². The Labute approximate surface area is 136 Å². The van der Waals surface area contributed by atoms with E-state index in [0.717, 1.165) is 6.07 Å². The lowest BCUT2D eigenvalue weighted by Crippen LogP contribution is -2.29. The van der Waals surface area contributed by atoms with Crippen molar-refractivity contribution in [2.24, 2.45) is 0 Å². The quantitative estimate of drug-likeness (QED) is 0.526. The van der Waals surface area contributed by atoms with E-state index in [0.29, 0.717) is 18.4 Å². The normalized spacial score (nSPS) is 12.0. The second-order valence-electron chi connectivity index (χ2n) is 5.19. The molecule has 0 aliphatic rings. The second kappa shape index (κ2) is 7.64. The number of carbonyl (C=O) groups is 1. The van der Waals surface area contributed by atoms with Crippen LogP contribution in [0.25, 0.3) is 0 Å². The number of aliphatic hydroxyl groups is 1. The Morgan fingerprint density at radius 3 is 2.92 bits per heavy atom. The largest absolute Gasteiger partial charge is 0.387 e. The van der Waals surface area contributed by atoms with Crippen molar-refractivity contribution in [3.8, 4) is 0 Å². The number of halogens is 1. The number of carbonyl (C=O) groups excluding carboxylic acids is 1. The van der Waals surface area contributed by atoms with Crippen LogP contribution in [0.4, 0.5) is 10.1 Å². The number of nitrogens with zero attached hydrogens (tertiary/aromatic N) is 2. The van der Waals surface area contributed by atoms with E-state index in [1.54, 1.807) is 0 Å². The zero-order valence-electron chi connectivity index (χ0n) is 13.0. The van der Waals surface area contributed by atoms with E-state index in [1.807, 2.05) is 6.92 Å². The Balaban J connectivity index is 2.09. The van der Waals surface area contributed by atoms with Crippen molar-refractivity contribution in [3.05, 3.63) is 57.1 Å². The first-order valence-electron chi connectivity index (χ1n) is 7.37. The molecule has 0 saturated heterocycles. The Hall–Kier alpha value is -2.81. The molecule has 1 amide bonds. The molecule has 0 saturated carbocycles. The third-order valence-electron chi connectivity index (χ3n) is 3.40. The molecule has 0 spiro atoms. The molecule has 128 valence electrons. The smallest absolute Gasteiger partial charge is 0.322 e. The third kappa shape index (κ3) is 3.93. The van der Waals surface area contributed by atoms with Crippen molar-refractivity contribution in [3.63, 3.8) is 0 Å². The average molecular weight is 336 g/mol. The van der Waals surface area contributed by atoms with Crippen LogP contribution >= 0.6 is 0 Å². The van der Waals surface area contributed by atoms with Crippen molar-refractivity contribution in [1.29, 1.82) is 0 Å². The molecule has 2 rings (SSSR count). The highest BCUT2D eigenvalue weighted by Gasteiger charge is 2.28. The molecule has 2 aromatic rings. The lowest BCUT2D eigenvalue weighted by molar-refractivity contribution is -0.385. The Morgan fingerprint density at radius 2 is 2.29 bits per heavy atom. The van der Waals surface area contributed by atoms with Crippen LogP contribution < -0.4 is 5.32 Å². The van der Waals surface area contributed by atoms with Gasteiger partial charge in [-0.3, -0.25) is 20.0 Å². The maximum atomic E-state index is 13.1. The van der Waals surface area contributed by atoms with Crippen molar-refractivity contribution in [1.82, 2.24) is 15.5 Å². The predicted octanol–water partition coefficient (Wildman–Crippen LogP) is 1.87. The summed E-state index contributed by atoms with van der Waals surface area (Å²) in [6.45, 7) is 1.62. The second-order valence-corrected chi connectivity index (χ2v) is 5.19. The number of nitro groups is 1. The van der Waals surface area contributed by atoms with Gasteiger partial charge in [-0.1, -0.05) is 25.5 Å². The molecule has 8 nitrogen and oxygen atoms in total. The number of aryl methyl sites for hydroxylation is 1. The van der Waals surface area contributed by atoms with Crippen LogP contribution in [0, 0.1) is 15.9 Å². The van der Waals surface area contributed by atoms with Gasteiger partial charge in [0.1, 0.15) is 11.5 Å². The zero-order chi connectivity index (χ0) is 17.7. The summed E-state index contributed by atoms with van der Waals surface area (Å²) in [6, 6.07) is 5.33. The highest BCUT2D eigenvalue weighted by molar-refractivity contribution is 5.96. The fourth-order valence-electron chi connectivity index (χ4n) is 2.26. The molecule has 3 N–H and O–H groups in total. The summed E-state index contributed by atoms with van der Waals surface area (Å²) in [5, 5.41) is 29.7. The van der Waals surface area contributed by atoms with Gasteiger partial charge in [0, 0.05) is 6.54 Å². The van der Waals surface area contributed by atoms with E-state index in [4.69, 9.17) is 0 Å². The molecule has 0 fully saturated rings. The number of hydrogen-bond donors (Lipinski definition) is 3. The van der Waals surface area contributed by atoms with Crippen molar-refractivity contribution in [2.45, 2.75) is 25.9 Å². The maximum absolute atomic E-state index is 13.1. The van der Waals surface area contributed by atoms with E-state index in [9.17, 15) is 24.4 Å². The summed E-state index contributed by atoms with van der Waals surface area (Å²) in [5.74, 6) is -1.29. The molecule has 9 heteroatoms. The minimum Gasteiger partial charge on any atom is -0.387 e. The number of H-pyrrole nitrogens is 1. The highest BCUT2D eigenvalue weighted by atomic mass is 19.1. The summed E-state index contributed by atoms with van der Waals surface area (Å²) in [5.41, 5.74) is -0.138. The van der Waals surface area contributed by atoms with Gasteiger partial charge in [0.05, 0.1) is 11.0 Å². The van der Waals surface area contributed by atoms with E-state index in [-0.39, 0.29) is 23.6 Å². The van der Waals surface area contributed by atoms with Crippen molar-refractivity contribution >= 4 is 11.6 Å². The van der Waals surface area contributed by atoms with Gasteiger partial charge < -0.3 is 10.4 Å². The first kappa shape index (κ1) is 17.5. The van der Waals surface area contributed by atoms with Gasteiger partial charge in [-0.2, -0.15) is 5.10 Å². The van der Waals surface area contributed by atoms with Gasteiger partial charge in [0.25, 0.3) is 5.91 Å². The first-order chi connectivity index (χ1) is 11.4. The van der Waals surface area contributed by atoms with Gasteiger partial charge in [-0.25, -0.2) is 4.39 Å². The van der Waals surface area contributed by atoms with Crippen molar-refractivity contribution < 1.29 is 19.2 Å². The summed E-state index contributed by atoms with van der Waals surface area (Å²) in [6.07, 6.45) is -0.0944. The Kier molecular flexibility index (Phi) is 5.59. The van der Waals surface area contributed by atoms with Crippen LogP contribution in [0.1, 0.15) is 41.2 Å². The first-order valence-corrected chi connectivity index (χ1v) is 7.37. The Morgan fingerprint density at radius 1 is 1.54 bits per heavy atom. The summed E-state index contributed by atoms with van der Waals surface area (Å²) >= 11 is 0. The van der Waals surface area contributed by atoms with Crippen LogP contribution in [0.15, 0.2) is 24.3 Å². The minimum absolute atomic E-state index is 0.227. The number of aliphatic hydroxyl groups excluding tert-OH is 1. The van der Waals surface area contributed by atoms with Crippen LogP contribution in [-0.4, -0.2) is 32.7 Å². The van der Waals surface area contributed by atoms with Crippen LogP contribution in [0.2, 0.25) is 0 Å². The van der Waals surface area contributed by atoms with Crippen molar-refractivity contribution in [2.75, 3.05) is 6.54 Å². The molecule has 0 unspecified atom stereocenters. The molecule has 0 aliphatic carbocycles. The third-order valence-corrected chi connectivity index (χ3v) is 3.40. The van der Waals surface area contributed by atoms with Crippen LogP contribution in [-0.2, 0) is 6.42 Å². The van der Waals surface area contributed by atoms with Gasteiger partial charge in [0.2, 0.25) is 5.69 Å². The minimum atomic E-state index is -1.14. The van der Waals surface area contributed by atoms with E-state index in [1.165, 1.54) is 18.2 Å². The standard InChI is InChI=1S/C15H17FN4O4/c1-2-4-11-14(20(23)24)13(19-18-11)15(22)17-8-12(21)9-5-3-6-10(16)7-9/h3,5-7,12,21H,2,4,8H2,1H3,(H,17,22)(H,18,19)/t12-/m0/s1. The summed E-state index contributed by atoms with van der Waals surface area (Å²) in [4.78, 5) is 22.6. The molecule has 1 aromatic heterocycles. The Bertz CT molecular complexity index is 747. The van der Waals surface area contributed by atoms with Gasteiger partial charge in [-0.05, 0) is 24.1 Å². The summed E-state index contributed by atoms with van der Waals surface area (Å²) in [7, 11) is 0. The molecule has 1 aromatic carbocycles. The average Bonchev–Trinajstić information content (AvgIpc) is 2.96. The van der Waals surface area contributed by atoms with Gasteiger partial charge in [-0.15, -0.1) is 0 Å². The number of aromatic amines is 1. The molecule has 0 bridgehead atoms. The van der Waals surface area contributed by atoms with E-state index in [2.05, 4.69) is 15.5 Å². The molecular weight excluding hydrogens is 319 g/mol. The topological polar surface area (TPSA) is 121 Å².